The zero-order valence-electron chi connectivity index (χ0n) is 17.8. The van der Waals surface area contributed by atoms with Gasteiger partial charge in [-0.15, -0.1) is 5.10 Å². The van der Waals surface area contributed by atoms with Crippen molar-refractivity contribution in [2.45, 2.75) is 19.3 Å². The Labute approximate surface area is 195 Å². The molecule has 0 spiro atoms. The van der Waals surface area contributed by atoms with E-state index in [1.54, 1.807) is 12.4 Å². The first-order chi connectivity index (χ1) is 16.1. The lowest BCUT2D eigenvalue weighted by Gasteiger charge is -2.12. The van der Waals surface area contributed by atoms with Crippen LogP contribution >= 0.6 is 11.6 Å². The second-order valence-electron chi connectivity index (χ2n) is 7.84. The molecule has 0 saturated heterocycles. The molecule has 4 aromatic rings. The van der Waals surface area contributed by atoms with Crippen LogP contribution in [0.5, 0.6) is 5.75 Å². The minimum absolute atomic E-state index is 0.00986. The van der Waals surface area contributed by atoms with E-state index in [4.69, 9.17) is 16.3 Å². The molecular formula is C24H21ClN6O2. The topological polar surface area (TPSA) is 106 Å². The summed E-state index contributed by atoms with van der Waals surface area (Å²) >= 11 is 5.97. The smallest absolute Gasteiger partial charge is 0.228 e. The molecule has 2 N–H and O–H groups in total. The standard InChI is InChI=1S/C24H21ClN6O2/c1-2-33-18-9-15(12-26-13-18)19-8-7-17(10-21(19)23-28-30-31-29-23)27-24(32)22-11-20(22)14-3-5-16(25)6-4-14/h3-10,12-13,20,22H,2,11H2,1H3,(H,27,32)(H,28,29,30,31)/t20-,22+/m0/s1. The number of aromatic amines is 1. The van der Waals surface area contributed by atoms with Crippen LogP contribution in [0.4, 0.5) is 5.69 Å². The highest BCUT2D eigenvalue weighted by Crippen LogP contribution is 2.48. The summed E-state index contributed by atoms with van der Waals surface area (Å²) in [6.07, 6.45) is 4.24. The van der Waals surface area contributed by atoms with Crippen molar-refractivity contribution in [3.8, 4) is 28.3 Å². The van der Waals surface area contributed by atoms with Gasteiger partial charge in [-0.3, -0.25) is 9.78 Å². The maximum absolute atomic E-state index is 12.9. The molecule has 33 heavy (non-hydrogen) atoms. The molecule has 2 aromatic heterocycles. The molecule has 0 unspecified atom stereocenters. The van der Waals surface area contributed by atoms with Gasteiger partial charge in [-0.25, -0.2) is 5.10 Å². The maximum atomic E-state index is 12.9. The monoisotopic (exact) mass is 460 g/mol. The molecular weight excluding hydrogens is 440 g/mol. The van der Waals surface area contributed by atoms with E-state index >= 15 is 0 Å². The lowest BCUT2D eigenvalue weighted by Crippen LogP contribution is -2.14. The van der Waals surface area contributed by atoms with Crippen LogP contribution in [0.2, 0.25) is 5.02 Å². The summed E-state index contributed by atoms with van der Waals surface area (Å²) < 4.78 is 5.59. The van der Waals surface area contributed by atoms with Crippen molar-refractivity contribution < 1.29 is 9.53 Å². The van der Waals surface area contributed by atoms with Gasteiger partial charge in [0.15, 0.2) is 5.82 Å². The van der Waals surface area contributed by atoms with Gasteiger partial charge in [0.2, 0.25) is 5.91 Å². The first-order valence-corrected chi connectivity index (χ1v) is 11.0. The van der Waals surface area contributed by atoms with E-state index in [-0.39, 0.29) is 17.7 Å². The van der Waals surface area contributed by atoms with E-state index in [0.717, 1.165) is 28.7 Å². The number of pyridine rings is 1. The van der Waals surface area contributed by atoms with Crippen molar-refractivity contribution >= 4 is 23.2 Å². The lowest BCUT2D eigenvalue weighted by molar-refractivity contribution is -0.117. The number of aromatic nitrogens is 5. The number of hydrogen-bond donors (Lipinski definition) is 2. The first-order valence-electron chi connectivity index (χ1n) is 10.6. The third-order valence-corrected chi connectivity index (χ3v) is 5.90. The molecule has 2 atom stereocenters. The Hall–Kier alpha value is -3.78. The fourth-order valence-electron chi connectivity index (χ4n) is 3.95. The van der Waals surface area contributed by atoms with Gasteiger partial charge in [-0.2, -0.15) is 0 Å². The highest BCUT2D eigenvalue weighted by atomic mass is 35.5. The van der Waals surface area contributed by atoms with Gasteiger partial charge in [0.1, 0.15) is 5.75 Å². The number of tetrazole rings is 1. The molecule has 166 valence electrons. The van der Waals surface area contributed by atoms with E-state index in [2.05, 4.69) is 30.9 Å². The summed E-state index contributed by atoms with van der Waals surface area (Å²) in [6.45, 7) is 2.47. The van der Waals surface area contributed by atoms with Gasteiger partial charge in [0.05, 0.1) is 12.8 Å². The fourth-order valence-corrected chi connectivity index (χ4v) is 4.08. The number of carbonyl (C=O) groups is 1. The zero-order chi connectivity index (χ0) is 22.8. The first kappa shape index (κ1) is 21.1. The molecule has 2 heterocycles. The fraction of sp³-hybridized carbons (Fsp3) is 0.208. The predicted molar refractivity (Wildman–Crippen MR) is 125 cm³/mol. The number of anilines is 1. The number of benzene rings is 2. The molecule has 1 saturated carbocycles. The van der Waals surface area contributed by atoms with Crippen LogP contribution in [0.1, 0.15) is 24.8 Å². The molecule has 1 fully saturated rings. The van der Waals surface area contributed by atoms with E-state index in [1.807, 2.05) is 55.5 Å². The highest BCUT2D eigenvalue weighted by molar-refractivity contribution is 6.30. The lowest BCUT2D eigenvalue weighted by atomic mass is 9.99. The number of carbonyl (C=O) groups excluding carboxylic acids is 1. The molecule has 2 aromatic carbocycles. The summed E-state index contributed by atoms with van der Waals surface area (Å²) in [6, 6.07) is 15.2. The second-order valence-corrected chi connectivity index (χ2v) is 8.28. The number of nitrogens with zero attached hydrogens (tertiary/aromatic N) is 4. The molecule has 0 radical (unpaired) electrons. The van der Waals surface area contributed by atoms with Crippen LogP contribution in [-0.2, 0) is 4.79 Å². The average Bonchev–Trinajstić information content (AvgIpc) is 3.44. The molecule has 5 rings (SSSR count). The Morgan fingerprint density at radius 3 is 2.76 bits per heavy atom. The summed E-state index contributed by atoms with van der Waals surface area (Å²) in [7, 11) is 0. The normalized spacial score (nSPS) is 16.9. The molecule has 0 aliphatic heterocycles. The zero-order valence-corrected chi connectivity index (χ0v) is 18.6. The Morgan fingerprint density at radius 2 is 2.00 bits per heavy atom. The minimum atomic E-state index is -0.0617. The van der Waals surface area contributed by atoms with Crippen molar-refractivity contribution in [1.29, 1.82) is 0 Å². The van der Waals surface area contributed by atoms with Crippen LogP contribution in [0.15, 0.2) is 60.9 Å². The Morgan fingerprint density at radius 1 is 1.15 bits per heavy atom. The molecule has 1 aliphatic rings. The van der Waals surface area contributed by atoms with E-state index in [9.17, 15) is 4.79 Å². The summed E-state index contributed by atoms with van der Waals surface area (Å²) in [5.41, 5.74) is 4.27. The number of amides is 1. The second kappa shape index (κ2) is 8.99. The average molecular weight is 461 g/mol. The van der Waals surface area contributed by atoms with Gasteiger partial charge in [0, 0.05) is 34.0 Å². The molecule has 0 bridgehead atoms. The number of nitrogens with one attached hydrogen (secondary N) is 2. The number of halogens is 1. The van der Waals surface area contributed by atoms with E-state index in [0.29, 0.717) is 28.9 Å². The Bertz CT molecular complexity index is 1280. The van der Waals surface area contributed by atoms with Crippen molar-refractivity contribution in [3.63, 3.8) is 0 Å². The van der Waals surface area contributed by atoms with Crippen LogP contribution in [-0.4, -0.2) is 38.1 Å². The van der Waals surface area contributed by atoms with Crippen LogP contribution in [0.25, 0.3) is 22.5 Å². The summed E-state index contributed by atoms with van der Waals surface area (Å²) in [4.78, 5) is 17.2. The van der Waals surface area contributed by atoms with Gasteiger partial charge in [0.25, 0.3) is 0 Å². The minimum Gasteiger partial charge on any atom is -0.492 e. The molecule has 8 nitrogen and oxygen atoms in total. The molecule has 1 amide bonds. The van der Waals surface area contributed by atoms with Crippen LogP contribution in [0.3, 0.4) is 0 Å². The Kier molecular flexibility index (Phi) is 5.75. The number of rotatable bonds is 7. The number of ether oxygens (including phenoxy) is 1. The van der Waals surface area contributed by atoms with Crippen molar-refractivity contribution in [2.24, 2.45) is 5.92 Å². The molecule has 1 aliphatic carbocycles. The SMILES string of the molecule is CCOc1cncc(-c2ccc(NC(=O)[C@@H]3C[C@H]3c3ccc(Cl)cc3)cc2-c2nnn[nH]2)c1. The number of hydrogen-bond acceptors (Lipinski definition) is 6. The third kappa shape index (κ3) is 4.56. The van der Waals surface area contributed by atoms with Crippen LogP contribution < -0.4 is 10.1 Å². The number of H-pyrrole nitrogens is 1. The van der Waals surface area contributed by atoms with Gasteiger partial charge >= 0.3 is 0 Å². The van der Waals surface area contributed by atoms with Crippen molar-refractivity contribution in [2.75, 3.05) is 11.9 Å². The van der Waals surface area contributed by atoms with E-state index in [1.165, 1.54) is 0 Å². The third-order valence-electron chi connectivity index (χ3n) is 5.65. The summed E-state index contributed by atoms with van der Waals surface area (Å²) in [5, 5.41) is 18.0. The summed E-state index contributed by atoms with van der Waals surface area (Å²) in [5.74, 6) is 1.31. The maximum Gasteiger partial charge on any atom is 0.228 e. The molecule has 9 heteroatoms. The van der Waals surface area contributed by atoms with E-state index < -0.39 is 0 Å². The van der Waals surface area contributed by atoms with Gasteiger partial charge < -0.3 is 10.1 Å². The largest absolute Gasteiger partial charge is 0.492 e. The van der Waals surface area contributed by atoms with Crippen molar-refractivity contribution in [3.05, 3.63) is 71.5 Å². The quantitative estimate of drug-likeness (QED) is 0.413. The Balaban J connectivity index is 1.39. The predicted octanol–water partition coefficient (Wildman–Crippen LogP) is 4.72. The van der Waals surface area contributed by atoms with Gasteiger partial charge in [-0.05, 0) is 71.1 Å². The highest BCUT2D eigenvalue weighted by Gasteiger charge is 2.43. The van der Waals surface area contributed by atoms with Crippen molar-refractivity contribution in [1.82, 2.24) is 25.6 Å². The van der Waals surface area contributed by atoms with Gasteiger partial charge in [-0.1, -0.05) is 29.8 Å². The van der Waals surface area contributed by atoms with Crippen LogP contribution in [0, 0.1) is 5.92 Å².